The lowest BCUT2D eigenvalue weighted by molar-refractivity contribution is -0.152. The normalized spacial score (nSPS) is 17.8. The van der Waals surface area contributed by atoms with Crippen LogP contribution >= 0.6 is 0 Å². The summed E-state index contributed by atoms with van der Waals surface area (Å²) in [7, 11) is 1.55. The van der Waals surface area contributed by atoms with E-state index in [-0.39, 0.29) is 5.76 Å². The number of carbonyl (C=O) groups is 3. The maximum Gasteiger partial charge on any atom is 0.376 e. The molecule has 0 saturated heterocycles. The third-order valence-corrected chi connectivity index (χ3v) is 5.26. The molecular weight excluding hydrogens is 384 g/mol. The van der Waals surface area contributed by atoms with Crippen molar-refractivity contribution in [3.8, 4) is 0 Å². The summed E-state index contributed by atoms with van der Waals surface area (Å²) < 4.78 is 11.3. The standard InChI is InChI=1S/C23H22N2O5/c1-3-4-13-24-21(27)23(16-10-6-7-11-17(16)25(2)22(23)28)30-20(26)19-14-15-9-5-8-12-18(15)29-19/h5-12,14H,3-4,13H2,1-2H3,(H,24,27). The molecule has 1 aliphatic heterocycles. The molecule has 0 fully saturated rings. The number of benzene rings is 2. The average Bonchev–Trinajstić information content (AvgIpc) is 3.28. The van der Waals surface area contributed by atoms with Gasteiger partial charge in [-0.1, -0.05) is 49.7 Å². The lowest BCUT2D eigenvalue weighted by Gasteiger charge is -2.26. The van der Waals surface area contributed by atoms with Gasteiger partial charge in [0.1, 0.15) is 5.58 Å². The van der Waals surface area contributed by atoms with Gasteiger partial charge in [-0.3, -0.25) is 9.59 Å². The van der Waals surface area contributed by atoms with Gasteiger partial charge in [0.15, 0.2) is 0 Å². The van der Waals surface area contributed by atoms with Gasteiger partial charge >= 0.3 is 5.97 Å². The molecule has 1 aromatic heterocycles. The van der Waals surface area contributed by atoms with Gasteiger partial charge in [-0.15, -0.1) is 0 Å². The third-order valence-electron chi connectivity index (χ3n) is 5.26. The SMILES string of the molecule is CCCCNC(=O)C1(OC(=O)c2cc3ccccc3o2)C(=O)N(C)c2ccccc21. The van der Waals surface area contributed by atoms with E-state index in [0.29, 0.717) is 23.4 Å². The Morgan fingerprint density at radius 1 is 1.13 bits per heavy atom. The van der Waals surface area contributed by atoms with Crippen LogP contribution in [0.2, 0.25) is 0 Å². The summed E-state index contributed by atoms with van der Waals surface area (Å²) in [5.41, 5.74) is -0.738. The van der Waals surface area contributed by atoms with Crippen LogP contribution < -0.4 is 10.2 Å². The van der Waals surface area contributed by atoms with Gasteiger partial charge in [-0.25, -0.2) is 4.79 Å². The molecule has 2 amide bonds. The number of ether oxygens (including phenoxy) is 1. The molecule has 1 aliphatic rings. The first-order valence-corrected chi connectivity index (χ1v) is 9.87. The summed E-state index contributed by atoms with van der Waals surface area (Å²) in [6, 6.07) is 15.5. The van der Waals surface area contributed by atoms with Crippen LogP contribution in [0.15, 0.2) is 59.0 Å². The number of likely N-dealkylation sites (N-methyl/N-ethyl adjacent to an activating group) is 1. The highest BCUT2D eigenvalue weighted by Gasteiger charge is 2.59. The van der Waals surface area contributed by atoms with Crippen molar-refractivity contribution in [2.24, 2.45) is 0 Å². The molecule has 1 N–H and O–H groups in total. The van der Waals surface area contributed by atoms with Crippen molar-refractivity contribution in [1.29, 1.82) is 0 Å². The van der Waals surface area contributed by atoms with E-state index in [1.54, 1.807) is 49.5 Å². The maximum absolute atomic E-state index is 13.3. The van der Waals surface area contributed by atoms with E-state index >= 15 is 0 Å². The lowest BCUT2D eigenvalue weighted by atomic mass is 9.93. The zero-order valence-electron chi connectivity index (χ0n) is 16.8. The fourth-order valence-electron chi connectivity index (χ4n) is 3.66. The van der Waals surface area contributed by atoms with Crippen LogP contribution in [-0.4, -0.2) is 31.4 Å². The molecule has 7 nitrogen and oxygen atoms in total. The number of furan rings is 1. The number of fused-ring (bicyclic) bond motifs is 2. The van der Waals surface area contributed by atoms with Crippen molar-refractivity contribution in [2.45, 2.75) is 25.4 Å². The number of amides is 2. The molecular formula is C23H22N2O5. The van der Waals surface area contributed by atoms with Crippen LogP contribution in [0, 0.1) is 0 Å². The number of esters is 1. The van der Waals surface area contributed by atoms with Gasteiger partial charge in [-0.2, -0.15) is 0 Å². The van der Waals surface area contributed by atoms with Gasteiger partial charge in [0.05, 0.1) is 5.69 Å². The van der Waals surface area contributed by atoms with Crippen LogP contribution in [0.3, 0.4) is 0 Å². The Kier molecular flexibility index (Phi) is 5.03. The van der Waals surface area contributed by atoms with Crippen molar-refractivity contribution in [1.82, 2.24) is 5.32 Å². The molecule has 7 heteroatoms. The highest BCUT2D eigenvalue weighted by molar-refractivity contribution is 6.21. The summed E-state index contributed by atoms with van der Waals surface area (Å²) in [6.45, 7) is 2.37. The van der Waals surface area contributed by atoms with Gasteiger partial charge in [0.2, 0.25) is 5.76 Å². The molecule has 2 heterocycles. The first kappa shape index (κ1) is 19.7. The van der Waals surface area contributed by atoms with E-state index in [4.69, 9.17) is 9.15 Å². The molecule has 30 heavy (non-hydrogen) atoms. The molecule has 4 rings (SSSR count). The van der Waals surface area contributed by atoms with E-state index in [0.717, 1.165) is 18.2 Å². The van der Waals surface area contributed by atoms with E-state index in [2.05, 4.69) is 5.32 Å². The minimum absolute atomic E-state index is 0.0724. The van der Waals surface area contributed by atoms with E-state index in [1.165, 1.54) is 11.0 Å². The number of unbranched alkanes of at least 4 members (excludes halogenated alkanes) is 1. The smallest absolute Gasteiger partial charge is 0.376 e. The molecule has 3 aromatic rings. The number of para-hydroxylation sites is 2. The molecule has 0 saturated carbocycles. The van der Waals surface area contributed by atoms with Gasteiger partial charge < -0.3 is 19.4 Å². The zero-order chi connectivity index (χ0) is 21.3. The largest absolute Gasteiger partial charge is 0.449 e. The minimum Gasteiger partial charge on any atom is -0.449 e. The monoisotopic (exact) mass is 406 g/mol. The summed E-state index contributed by atoms with van der Waals surface area (Å²) in [6.07, 6.45) is 1.61. The summed E-state index contributed by atoms with van der Waals surface area (Å²) in [4.78, 5) is 40.8. The lowest BCUT2D eigenvalue weighted by Crippen LogP contribution is -2.53. The fraction of sp³-hybridized carbons (Fsp3) is 0.261. The Balaban J connectivity index is 1.75. The van der Waals surface area contributed by atoms with E-state index in [9.17, 15) is 14.4 Å². The zero-order valence-corrected chi connectivity index (χ0v) is 16.8. The fourth-order valence-corrected chi connectivity index (χ4v) is 3.66. The Morgan fingerprint density at radius 2 is 1.87 bits per heavy atom. The topological polar surface area (TPSA) is 88.8 Å². The van der Waals surface area contributed by atoms with Crippen LogP contribution in [-0.2, 0) is 19.9 Å². The maximum atomic E-state index is 13.3. The second-order valence-electron chi connectivity index (χ2n) is 7.21. The molecule has 2 aromatic carbocycles. The van der Waals surface area contributed by atoms with Gasteiger partial charge in [-0.05, 0) is 24.6 Å². The molecule has 1 unspecified atom stereocenters. The predicted molar refractivity (Wildman–Crippen MR) is 111 cm³/mol. The number of hydrogen-bond acceptors (Lipinski definition) is 5. The molecule has 0 spiro atoms. The Morgan fingerprint density at radius 3 is 2.63 bits per heavy atom. The minimum atomic E-state index is -2.10. The highest BCUT2D eigenvalue weighted by Crippen LogP contribution is 2.43. The molecule has 0 aliphatic carbocycles. The Labute approximate surface area is 173 Å². The summed E-state index contributed by atoms with van der Waals surface area (Å²) in [5, 5.41) is 3.47. The third kappa shape index (κ3) is 3.03. The van der Waals surface area contributed by atoms with Crippen molar-refractivity contribution in [3.63, 3.8) is 0 Å². The first-order chi connectivity index (χ1) is 14.5. The highest BCUT2D eigenvalue weighted by atomic mass is 16.6. The molecule has 154 valence electrons. The average molecular weight is 406 g/mol. The second kappa shape index (κ2) is 7.67. The number of carbonyl (C=O) groups excluding carboxylic acids is 3. The van der Waals surface area contributed by atoms with E-state index < -0.39 is 23.4 Å². The quantitative estimate of drug-likeness (QED) is 0.385. The summed E-state index contributed by atoms with van der Waals surface area (Å²) in [5.74, 6) is -2.24. The van der Waals surface area contributed by atoms with Gasteiger partial charge in [0, 0.05) is 24.5 Å². The van der Waals surface area contributed by atoms with Crippen LogP contribution in [0.5, 0.6) is 0 Å². The molecule has 1 atom stereocenters. The number of nitrogens with zero attached hydrogens (tertiary/aromatic N) is 1. The van der Waals surface area contributed by atoms with Crippen LogP contribution in [0.1, 0.15) is 35.9 Å². The summed E-state index contributed by atoms with van der Waals surface area (Å²) >= 11 is 0. The van der Waals surface area contributed by atoms with Crippen molar-refractivity contribution >= 4 is 34.4 Å². The molecule has 0 radical (unpaired) electrons. The van der Waals surface area contributed by atoms with Crippen LogP contribution in [0.4, 0.5) is 5.69 Å². The predicted octanol–water partition coefficient (Wildman–Crippen LogP) is 3.38. The van der Waals surface area contributed by atoms with Crippen LogP contribution in [0.25, 0.3) is 11.0 Å². The molecule has 0 bridgehead atoms. The number of hydrogen-bond donors (Lipinski definition) is 1. The number of rotatable bonds is 6. The van der Waals surface area contributed by atoms with E-state index in [1.807, 2.05) is 13.0 Å². The number of anilines is 1. The van der Waals surface area contributed by atoms with Crippen molar-refractivity contribution < 1.29 is 23.5 Å². The van der Waals surface area contributed by atoms with Crippen molar-refractivity contribution in [3.05, 3.63) is 65.9 Å². The van der Waals surface area contributed by atoms with Crippen molar-refractivity contribution in [2.75, 3.05) is 18.5 Å². The first-order valence-electron chi connectivity index (χ1n) is 9.87. The number of nitrogens with one attached hydrogen (secondary N) is 1. The Bertz CT molecular complexity index is 1100. The Hall–Kier alpha value is -3.61. The van der Waals surface area contributed by atoms with Gasteiger partial charge in [0.25, 0.3) is 17.4 Å². The second-order valence-corrected chi connectivity index (χ2v) is 7.21.